The van der Waals surface area contributed by atoms with Gasteiger partial charge in [0.1, 0.15) is 6.29 Å². The Labute approximate surface area is 104 Å². The third-order valence-corrected chi connectivity index (χ3v) is 4.07. The molecule has 1 nitrogen and oxygen atoms in total. The third kappa shape index (κ3) is 2.96. The molecule has 1 saturated carbocycles. The molecule has 0 saturated heterocycles. The number of rotatable bonds is 4. The summed E-state index contributed by atoms with van der Waals surface area (Å²) in [6.45, 7) is 2.28. The molecule has 1 aromatic carbocycles. The van der Waals surface area contributed by atoms with Gasteiger partial charge in [-0.2, -0.15) is 0 Å². The van der Waals surface area contributed by atoms with E-state index in [4.69, 9.17) is 0 Å². The number of aldehydes is 1. The maximum atomic E-state index is 10.7. The summed E-state index contributed by atoms with van der Waals surface area (Å²) in [5, 5.41) is 0. The second-order valence-electron chi connectivity index (χ2n) is 5.22. The van der Waals surface area contributed by atoms with Gasteiger partial charge >= 0.3 is 0 Å². The highest BCUT2D eigenvalue weighted by Gasteiger charge is 2.25. The van der Waals surface area contributed by atoms with Gasteiger partial charge in [-0.1, -0.05) is 56.9 Å². The molecular weight excluding hydrogens is 208 g/mol. The van der Waals surface area contributed by atoms with E-state index in [9.17, 15) is 4.79 Å². The van der Waals surface area contributed by atoms with Gasteiger partial charge in [0.05, 0.1) is 0 Å². The highest BCUT2D eigenvalue weighted by Crippen LogP contribution is 2.40. The second-order valence-corrected chi connectivity index (χ2v) is 5.22. The molecule has 2 rings (SSSR count). The van der Waals surface area contributed by atoms with E-state index in [2.05, 4.69) is 19.1 Å². The van der Waals surface area contributed by atoms with Crippen LogP contribution in [-0.2, 0) is 0 Å². The Morgan fingerprint density at radius 1 is 1.18 bits per heavy atom. The smallest absolute Gasteiger partial charge is 0.150 e. The maximum absolute atomic E-state index is 10.7. The molecule has 0 aliphatic heterocycles. The van der Waals surface area contributed by atoms with Crippen LogP contribution in [0.4, 0.5) is 0 Å². The van der Waals surface area contributed by atoms with Crippen LogP contribution >= 0.6 is 0 Å². The van der Waals surface area contributed by atoms with E-state index in [1.165, 1.54) is 44.1 Å². The molecule has 0 spiro atoms. The van der Waals surface area contributed by atoms with Crippen molar-refractivity contribution < 1.29 is 4.79 Å². The lowest BCUT2D eigenvalue weighted by atomic mass is 9.73. The van der Waals surface area contributed by atoms with Crippen LogP contribution in [0.5, 0.6) is 0 Å². The van der Waals surface area contributed by atoms with Crippen LogP contribution in [0.2, 0.25) is 0 Å². The molecule has 2 atom stereocenters. The van der Waals surface area contributed by atoms with Crippen molar-refractivity contribution in [3.63, 3.8) is 0 Å². The van der Waals surface area contributed by atoms with Gasteiger partial charge in [-0.3, -0.25) is 4.79 Å². The topological polar surface area (TPSA) is 17.1 Å². The van der Waals surface area contributed by atoms with Crippen LogP contribution in [0.25, 0.3) is 0 Å². The lowest BCUT2D eigenvalue weighted by Gasteiger charge is -2.32. The van der Waals surface area contributed by atoms with Gasteiger partial charge in [0.25, 0.3) is 0 Å². The average Bonchev–Trinajstić information content (AvgIpc) is 2.40. The fraction of sp³-hybridized carbons (Fsp3) is 0.562. The van der Waals surface area contributed by atoms with Crippen LogP contribution in [0.1, 0.15) is 67.3 Å². The van der Waals surface area contributed by atoms with Gasteiger partial charge in [0, 0.05) is 5.56 Å². The van der Waals surface area contributed by atoms with Gasteiger partial charge in [-0.15, -0.1) is 0 Å². The molecule has 1 heteroatoms. The van der Waals surface area contributed by atoms with Crippen molar-refractivity contribution in [2.45, 2.75) is 51.4 Å². The standard InChI is InChI=1S/C16H22O/c1-2-5-14-6-3-4-7-16(14)15-10-8-13(12-17)9-11-15/h8-12,14,16H,2-7H2,1H3. The summed E-state index contributed by atoms with van der Waals surface area (Å²) in [5.74, 6) is 1.58. The lowest BCUT2D eigenvalue weighted by molar-refractivity contribution is 0.112. The summed E-state index contributed by atoms with van der Waals surface area (Å²) in [4.78, 5) is 10.7. The van der Waals surface area contributed by atoms with E-state index in [1.807, 2.05) is 12.1 Å². The first-order valence-corrected chi connectivity index (χ1v) is 6.90. The number of benzene rings is 1. The molecule has 0 N–H and O–H groups in total. The number of carbonyl (C=O) groups excluding carboxylic acids is 1. The van der Waals surface area contributed by atoms with Crippen molar-refractivity contribution in [2.75, 3.05) is 0 Å². The summed E-state index contributed by atoms with van der Waals surface area (Å²) in [7, 11) is 0. The summed E-state index contributed by atoms with van der Waals surface area (Å²) in [5.41, 5.74) is 2.23. The quantitative estimate of drug-likeness (QED) is 0.692. The zero-order valence-electron chi connectivity index (χ0n) is 10.7. The molecule has 1 aliphatic carbocycles. The van der Waals surface area contributed by atoms with Crippen LogP contribution in [0, 0.1) is 5.92 Å². The van der Waals surface area contributed by atoms with Crippen molar-refractivity contribution in [3.8, 4) is 0 Å². The van der Waals surface area contributed by atoms with Gasteiger partial charge in [-0.25, -0.2) is 0 Å². The molecule has 1 aromatic rings. The van der Waals surface area contributed by atoms with Crippen molar-refractivity contribution in [1.29, 1.82) is 0 Å². The minimum absolute atomic E-state index is 0.726. The molecule has 2 unspecified atom stereocenters. The van der Waals surface area contributed by atoms with E-state index in [1.54, 1.807) is 0 Å². The minimum Gasteiger partial charge on any atom is -0.298 e. The average molecular weight is 230 g/mol. The first kappa shape index (κ1) is 12.3. The van der Waals surface area contributed by atoms with Gasteiger partial charge < -0.3 is 0 Å². The highest BCUT2D eigenvalue weighted by molar-refractivity contribution is 5.74. The molecule has 0 amide bonds. The number of hydrogen-bond acceptors (Lipinski definition) is 1. The Balaban J connectivity index is 2.14. The summed E-state index contributed by atoms with van der Waals surface area (Å²) in [6.07, 6.45) is 9.02. The van der Waals surface area contributed by atoms with Crippen LogP contribution in [0.15, 0.2) is 24.3 Å². The zero-order valence-corrected chi connectivity index (χ0v) is 10.7. The van der Waals surface area contributed by atoms with Crippen molar-refractivity contribution in [1.82, 2.24) is 0 Å². The van der Waals surface area contributed by atoms with E-state index >= 15 is 0 Å². The summed E-state index contributed by atoms with van der Waals surface area (Å²) in [6, 6.07) is 8.23. The summed E-state index contributed by atoms with van der Waals surface area (Å²) < 4.78 is 0. The van der Waals surface area contributed by atoms with Crippen molar-refractivity contribution >= 4 is 6.29 Å². The van der Waals surface area contributed by atoms with Crippen LogP contribution in [-0.4, -0.2) is 6.29 Å². The van der Waals surface area contributed by atoms with Gasteiger partial charge in [0.15, 0.2) is 0 Å². The molecule has 0 bridgehead atoms. The largest absolute Gasteiger partial charge is 0.298 e. The predicted molar refractivity (Wildman–Crippen MR) is 71.4 cm³/mol. The van der Waals surface area contributed by atoms with E-state index in [0.29, 0.717) is 0 Å². The Hall–Kier alpha value is -1.11. The molecule has 1 aliphatic rings. The normalized spacial score (nSPS) is 24.5. The minimum atomic E-state index is 0.726. The molecule has 17 heavy (non-hydrogen) atoms. The number of carbonyl (C=O) groups is 1. The Kier molecular flexibility index (Phi) is 4.36. The molecule has 0 heterocycles. The zero-order chi connectivity index (χ0) is 12.1. The second kappa shape index (κ2) is 6.00. The molecule has 1 fully saturated rings. The predicted octanol–water partition coefficient (Wildman–Crippen LogP) is 4.57. The molecular formula is C16H22O. The Morgan fingerprint density at radius 3 is 2.53 bits per heavy atom. The first-order chi connectivity index (χ1) is 8.35. The van der Waals surface area contributed by atoms with Crippen LogP contribution < -0.4 is 0 Å². The van der Waals surface area contributed by atoms with E-state index in [0.717, 1.165) is 23.7 Å². The molecule has 0 radical (unpaired) electrons. The fourth-order valence-electron chi connectivity index (χ4n) is 3.18. The number of hydrogen-bond donors (Lipinski definition) is 0. The Bertz CT molecular complexity index is 350. The van der Waals surface area contributed by atoms with Gasteiger partial charge in [-0.05, 0) is 30.2 Å². The fourth-order valence-corrected chi connectivity index (χ4v) is 3.18. The monoisotopic (exact) mass is 230 g/mol. The SMILES string of the molecule is CCCC1CCCCC1c1ccc(C=O)cc1. The summed E-state index contributed by atoms with van der Waals surface area (Å²) >= 11 is 0. The molecule has 0 aromatic heterocycles. The Morgan fingerprint density at radius 2 is 1.88 bits per heavy atom. The van der Waals surface area contributed by atoms with E-state index < -0.39 is 0 Å². The van der Waals surface area contributed by atoms with Crippen LogP contribution in [0.3, 0.4) is 0 Å². The first-order valence-electron chi connectivity index (χ1n) is 6.90. The van der Waals surface area contributed by atoms with E-state index in [-0.39, 0.29) is 0 Å². The third-order valence-electron chi connectivity index (χ3n) is 4.07. The van der Waals surface area contributed by atoms with Crippen molar-refractivity contribution in [2.24, 2.45) is 5.92 Å². The van der Waals surface area contributed by atoms with Crippen molar-refractivity contribution in [3.05, 3.63) is 35.4 Å². The highest BCUT2D eigenvalue weighted by atomic mass is 16.1. The lowest BCUT2D eigenvalue weighted by Crippen LogP contribution is -2.17. The van der Waals surface area contributed by atoms with Gasteiger partial charge in [0.2, 0.25) is 0 Å². The molecule has 92 valence electrons. The maximum Gasteiger partial charge on any atom is 0.150 e.